The van der Waals surface area contributed by atoms with E-state index in [2.05, 4.69) is 20.7 Å². The Balaban J connectivity index is 2.01. The first-order chi connectivity index (χ1) is 8.49. The van der Waals surface area contributed by atoms with E-state index in [9.17, 15) is 8.42 Å². The van der Waals surface area contributed by atoms with Crippen LogP contribution in [0.25, 0.3) is 0 Å². The third-order valence-corrected chi connectivity index (χ3v) is 7.54. The fourth-order valence-electron chi connectivity index (χ4n) is 1.95. The van der Waals surface area contributed by atoms with Crippen molar-refractivity contribution in [1.82, 2.24) is 4.72 Å². The number of nitrogens with one attached hydrogen (secondary N) is 1. The number of thioether (sulfide) groups is 1. The smallest absolute Gasteiger partial charge is 0.210 e. The van der Waals surface area contributed by atoms with Crippen molar-refractivity contribution in [2.24, 2.45) is 0 Å². The van der Waals surface area contributed by atoms with Crippen LogP contribution in [0.5, 0.6) is 0 Å². The Morgan fingerprint density at radius 3 is 2.83 bits per heavy atom. The van der Waals surface area contributed by atoms with Gasteiger partial charge in [-0.15, -0.1) is 11.3 Å². The van der Waals surface area contributed by atoms with Gasteiger partial charge < -0.3 is 0 Å². The Kier molecular flexibility index (Phi) is 5.16. The van der Waals surface area contributed by atoms with Gasteiger partial charge in [0.15, 0.2) is 0 Å². The van der Waals surface area contributed by atoms with Crippen molar-refractivity contribution in [2.45, 2.75) is 36.3 Å². The predicted molar refractivity (Wildman–Crippen MR) is 82.0 cm³/mol. The van der Waals surface area contributed by atoms with E-state index < -0.39 is 10.0 Å². The van der Waals surface area contributed by atoms with E-state index in [0.717, 1.165) is 20.8 Å². The topological polar surface area (TPSA) is 46.2 Å². The lowest BCUT2D eigenvalue weighted by Crippen LogP contribution is -2.32. The van der Waals surface area contributed by atoms with E-state index in [1.165, 1.54) is 24.2 Å². The normalized spacial score (nSPS) is 21.1. The first-order valence-electron chi connectivity index (χ1n) is 5.86. The van der Waals surface area contributed by atoms with Gasteiger partial charge in [0.1, 0.15) is 0 Å². The third kappa shape index (κ3) is 3.72. The van der Waals surface area contributed by atoms with E-state index in [4.69, 9.17) is 0 Å². The van der Waals surface area contributed by atoms with Crippen LogP contribution in [0.1, 0.15) is 24.1 Å². The molecule has 1 fully saturated rings. The third-order valence-electron chi connectivity index (χ3n) is 2.91. The summed E-state index contributed by atoms with van der Waals surface area (Å²) in [5, 5.41) is 0.427. The minimum atomic E-state index is -3.35. The van der Waals surface area contributed by atoms with Gasteiger partial charge in [-0.25, -0.2) is 13.1 Å². The maximum absolute atomic E-state index is 12.2. The average Bonchev–Trinajstić information content (AvgIpc) is 2.68. The molecule has 0 saturated carbocycles. The van der Waals surface area contributed by atoms with Crippen LogP contribution in [0, 0.1) is 6.92 Å². The molecule has 102 valence electrons. The highest BCUT2D eigenvalue weighted by Gasteiger charge is 2.22. The molecule has 3 nitrogen and oxygen atoms in total. The molecule has 0 spiro atoms. The second-order valence-corrected chi connectivity index (χ2v) is 10.1. The summed E-state index contributed by atoms with van der Waals surface area (Å²) in [5.41, 5.74) is 0. The number of hydrogen-bond acceptors (Lipinski definition) is 4. The Morgan fingerprint density at radius 2 is 2.28 bits per heavy atom. The van der Waals surface area contributed by atoms with Crippen LogP contribution in [0.4, 0.5) is 0 Å². The fraction of sp³-hybridized carbons (Fsp3) is 0.636. The summed E-state index contributed by atoms with van der Waals surface area (Å²) in [7, 11) is -3.35. The van der Waals surface area contributed by atoms with E-state index in [0.29, 0.717) is 16.7 Å². The maximum atomic E-state index is 12.2. The van der Waals surface area contributed by atoms with Crippen molar-refractivity contribution in [3.05, 3.63) is 14.7 Å². The quantitative estimate of drug-likeness (QED) is 0.884. The summed E-state index contributed by atoms with van der Waals surface area (Å²) in [5.74, 6) is 1.15. The highest BCUT2D eigenvalue weighted by Crippen LogP contribution is 2.30. The van der Waals surface area contributed by atoms with E-state index in [1.807, 2.05) is 18.7 Å². The van der Waals surface area contributed by atoms with Crippen LogP contribution in [0.15, 0.2) is 14.7 Å². The van der Waals surface area contributed by atoms with Crippen molar-refractivity contribution in [3.8, 4) is 0 Å². The van der Waals surface area contributed by atoms with Crippen LogP contribution in [0.3, 0.4) is 0 Å². The van der Waals surface area contributed by atoms with Crippen molar-refractivity contribution in [1.29, 1.82) is 0 Å². The summed E-state index contributed by atoms with van der Waals surface area (Å²) in [6.07, 6.45) is 3.58. The van der Waals surface area contributed by atoms with Crippen LogP contribution in [-0.4, -0.2) is 26.0 Å². The Bertz CT molecular complexity index is 506. The van der Waals surface area contributed by atoms with Gasteiger partial charge in [0, 0.05) is 16.7 Å². The zero-order chi connectivity index (χ0) is 13.2. The lowest BCUT2D eigenvalue weighted by molar-refractivity contribution is 0.573. The van der Waals surface area contributed by atoms with Gasteiger partial charge in [-0.1, -0.05) is 6.42 Å². The molecule has 0 amide bonds. The summed E-state index contributed by atoms with van der Waals surface area (Å²) in [6.45, 7) is 2.37. The molecule has 1 N–H and O–H groups in total. The fourth-order valence-corrected chi connectivity index (χ4v) is 6.78. The lowest BCUT2D eigenvalue weighted by Gasteiger charge is -2.21. The first-order valence-corrected chi connectivity index (χ1v) is 10.0. The van der Waals surface area contributed by atoms with Gasteiger partial charge >= 0.3 is 0 Å². The van der Waals surface area contributed by atoms with Crippen molar-refractivity contribution < 1.29 is 8.42 Å². The van der Waals surface area contributed by atoms with Crippen molar-refractivity contribution in [3.63, 3.8) is 0 Å². The largest absolute Gasteiger partial charge is 0.241 e. The van der Waals surface area contributed by atoms with Crippen molar-refractivity contribution in [2.75, 3.05) is 12.3 Å². The minimum Gasteiger partial charge on any atom is -0.210 e. The second-order valence-electron chi connectivity index (χ2n) is 4.31. The maximum Gasteiger partial charge on any atom is 0.241 e. The van der Waals surface area contributed by atoms with Crippen LogP contribution < -0.4 is 4.72 Å². The zero-order valence-corrected chi connectivity index (χ0v) is 14.1. The van der Waals surface area contributed by atoms with Crippen LogP contribution in [-0.2, 0) is 10.0 Å². The van der Waals surface area contributed by atoms with Gasteiger partial charge in [-0.05, 0) is 47.5 Å². The molecule has 1 aromatic heterocycles. The number of halogens is 1. The van der Waals surface area contributed by atoms with Gasteiger partial charge in [0.05, 0.1) is 8.68 Å². The molecular formula is C11H16BrNO2S3. The van der Waals surface area contributed by atoms with Gasteiger partial charge in [-0.2, -0.15) is 11.8 Å². The molecule has 0 bridgehead atoms. The molecule has 0 aromatic carbocycles. The lowest BCUT2D eigenvalue weighted by atomic mass is 10.2. The Morgan fingerprint density at radius 1 is 1.50 bits per heavy atom. The van der Waals surface area contributed by atoms with Crippen molar-refractivity contribution >= 4 is 49.1 Å². The molecule has 1 aromatic rings. The monoisotopic (exact) mass is 369 g/mol. The molecule has 1 saturated heterocycles. The van der Waals surface area contributed by atoms with E-state index >= 15 is 0 Å². The molecule has 18 heavy (non-hydrogen) atoms. The average molecular weight is 370 g/mol. The molecule has 1 atom stereocenters. The molecule has 1 unspecified atom stereocenters. The van der Waals surface area contributed by atoms with Crippen LogP contribution in [0.2, 0.25) is 0 Å². The van der Waals surface area contributed by atoms with E-state index in [-0.39, 0.29) is 0 Å². The van der Waals surface area contributed by atoms with Gasteiger partial charge in [0.25, 0.3) is 0 Å². The molecular weight excluding hydrogens is 354 g/mol. The summed E-state index contributed by atoms with van der Waals surface area (Å²) < 4.78 is 27.9. The molecule has 2 heterocycles. The number of hydrogen-bond donors (Lipinski definition) is 1. The zero-order valence-electron chi connectivity index (χ0n) is 10.1. The number of aryl methyl sites for hydroxylation is 1. The Hall–Kier alpha value is 0.440. The molecule has 2 rings (SSSR count). The Labute approximate surface area is 125 Å². The standard InChI is InChI=1S/C11H16BrNO2S3/c1-8-10(6-11(12)17-8)18(14,15)13-7-9-4-2-3-5-16-9/h6,9,13H,2-5,7H2,1H3. The SMILES string of the molecule is Cc1sc(Br)cc1S(=O)(=O)NCC1CCCCS1. The summed E-state index contributed by atoms with van der Waals surface area (Å²) in [4.78, 5) is 1.23. The second kappa shape index (κ2) is 6.26. The molecule has 7 heteroatoms. The molecule has 1 aliphatic heterocycles. The predicted octanol–water partition coefficient (Wildman–Crippen LogP) is 3.38. The summed E-state index contributed by atoms with van der Waals surface area (Å²) >= 11 is 6.65. The minimum absolute atomic E-state index is 0.403. The first kappa shape index (κ1) is 14.8. The number of rotatable bonds is 4. The summed E-state index contributed by atoms with van der Waals surface area (Å²) in [6, 6.07) is 1.68. The number of thiophene rings is 1. The molecule has 1 aliphatic rings. The van der Waals surface area contributed by atoms with E-state index in [1.54, 1.807) is 6.07 Å². The number of sulfonamides is 1. The van der Waals surface area contributed by atoms with Gasteiger partial charge in [0.2, 0.25) is 10.0 Å². The van der Waals surface area contributed by atoms with Gasteiger partial charge in [-0.3, -0.25) is 0 Å². The highest BCUT2D eigenvalue weighted by molar-refractivity contribution is 9.11. The highest BCUT2D eigenvalue weighted by atomic mass is 79.9. The molecule has 0 radical (unpaired) electrons. The molecule has 0 aliphatic carbocycles. The van der Waals surface area contributed by atoms with Crippen LogP contribution >= 0.6 is 39.0 Å².